The van der Waals surface area contributed by atoms with Crippen molar-refractivity contribution < 1.29 is 22.7 Å². The molecular weight excluding hydrogens is 270 g/mol. The number of benzene rings is 1. The normalized spacial score (nSPS) is 10.8. The van der Waals surface area contributed by atoms with E-state index in [4.69, 9.17) is 4.74 Å². The number of carbonyl (C=O) groups excluding carboxylic acids is 1. The predicted molar refractivity (Wildman–Crippen MR) is 71.7 cm³/mol. The van der Waals surface area contributed by atoms with Crippen molar-refractivity contribution in [2.24, 2.45) is 0 Å². The first-order valence-electron chi connectivity index (χ1n) is 5.77. The van der Waals surface area contributed by atoms with Gasteiger partial charge in [0.2, 0.25) is 10.0 Å². The molecular formula is C12H17NO5S. The lowest BCUT2D eigenvalue weighted by molar-refractivity contribution is -0.142. The van der Waals surface area contributed by atoms with Crippen molar-refractivity contribution in [3.05, 3.63) is 24.3 Å². The second-order valence-corrected chi connectivity index (χ2v) is 5.65. The average molecular weight is 287 g/mol. The third-order valence-electron chi connectivity index (χ3n) is 2.18. The van der Waals surface area contributed by atoms with Crippen LogP contribution >= 0.6 is 0 Å². The number of anilines is 1. The lowest BCUT2D eigenvalue weighted by atomic mass is 10.3. The minimum atomic E-state index is -3.29. The Morgan fingerprint density at radius 1 is 1.26 bits per heavy atom. The number of carbonyl (C=O) groups is 1. The highest BCUT2D eigenvalue weighted by atomic mass is 32.2. The Hall–Kier alpha value is -1.76. The first-order chi connectivity index (χ1) is 8.96. The Balaban J connectivity index is 2.59. The largest absolute Gasteiger partial charge is 0.482 e. The molecule has 0 aliphatic rings. The number of methoxy groups -OCH3 is 1. The van der Waals surface area contributed by atoms with Crippen LogP contribution in [0, 0.1) is 0 Å². The molecule has 0 atom stereocenters. The van der Waals surface area contributed by atoms with Gasteiger partial charge in [-0.3, -0.25) is 4.72 Å². The van der Waals surface area contributed by atoms with Gasteiger partial charge in [-0.2, -0.15) is 0 Å². The lowest BCUT2D eigenvalue weighted by Gasteiger charge is -2.08. The molecule has 6 nitrogen and oxygen atoms in total. The van der Waals surface area contributed by atoms with Crippen LogP contribution in [0.3, 0.4) is 0 Å². The number of sulfonamides is 1. The summed E-state index contributed by atoms with van der Waals surface area (Å²) in [7, 11) is -2.02. The highest BCUT2D eigenvalue weighted by molar-refractivity contribution is 7.92. The topological polar surface area (TPSA) is 81.7 Å². The molecule has 0 aromatic heterocycles. The van der Waals surface area contributed by atoms with Gasteiger partial charge in [-0.05, 0) is 30.7 Å². The van der Waals surface area contributed by atoms with E-state index in [1.54, 1.807) is 31.2 Å². The first kappa shape index (κ1) is 15.3. The van der Waals surface area contributed by atoms with Gasteiger partial charge in [0, 0.05) is 5.69 Å². The zero-order valence-corrected chi connectivity index (χ0v) is 11.7. The van der Waals surface area contributed by atoms with E-state index in [2.05, 4.69) is 9.46 Å². The summed E-state index contributed by atoms with van der Waals surface area (Å²) in [4.78, 5) is 10.9. The minimum Gasteiger partial charge on any atom is -0.482 e. The molecule has 0 bridgehead atoms. The fourth-order valence-corrected chi connectivity index (χ4v) is 2.45. The zero-order chi connectivity index (χ0) is 14.3. The van der Waals surface area contributed by atoms with Gasteiger partial charge in [0.1, 0.15) is 5.75 Å². The molecule has 0 aliphatic carbocycles. The Labute approximate surface area is 112 Å². The summed E-state index contributed by atoms with van der Waals surface area (Å²) >= 11 is 0. The standard InChI is InChI=1S/C12H17NO5S/c1-3-8-19(15,16)13-10-4-6-11(7-5-10)18-9-12(14)17-2/h4-7,13H,3,8-9H2,1-2H3. The summed E-state index contributed by atoms with van der Waals surface area (Å²) in [5.41, 5.74) is 0.457. The highest BCUT2D eigenvalue weighted by Gasteiger charge is 2.08. The number of hydrogen-bond acceptors (Lipinski definition) is 5. The maximum atomic E-state index is 11.5. The molecule has 7 heteroatoms. The Morgan fingerprint density at radius 2 is 1.89 bits per heavy atom. The smallest absolute Gasteiger partial charge is 0.343 e. The van der Waals surface area contributed by atoms with Crippen LogP contribution in [-0.4, -0.2) is 33.9 Å². The lowest BCUT2D eigenvalue weighted by Crippen LogP contribution is -2.16. The van der Waals surface area contributed by atoms with Crippen LogP contribution in [0.1, 0.15) is 13.3 Å². The average Bonchev–Trinajstić information content (AvgIpc) is 2.37. The van der Waals surface area contributed by atoms with E-state index in [1.807, 2.05) is 0 Å². The second kappa shape index (κ2) is 6.98. The summed E-state index contributed by atoms with van der Waals surface area (Å²) in [6.07, 6.45) is 0.551. The fourth-order valence-electron chi connectivity index (χ4n) is 1.32. The third-order valence-corrected chi connectivity index (χ3v) is 3.68. The molecule has 0 heterocycles. The van der Waals surface area contributed by atoms with Crippen LogP contribution in [-0.2, 0) is 19.6 Å². The van der Waals surface area contributed by atoms with Crippen LogP contribution in [0.4, 0.5) is 5.69 Å². The van der Waals surface area contributed by atoms with Gasteiger partial charge in [-0.25, -0.2) is 13.2 Å². The van der Waals surface area contributed by atoms with E-state index < -0.39 is 16.0 Å². The molecule has 0 saturated carbocycles. The van der Waals surface area contributed by atoms with Gasteiger partial charge in [0.15, 0.2) is 6.61 Å². The highest BCUT2D eigenvalue weighted by Crippen LogP contribution is 2.16. The van der Waals surface area contributed by atoms with Crippen LogP contribution in [0.25, 0.3) is 0 Å². The third kappa shape index (κ3) is 5.60. The van der Waals surface area contributed by atoms with E-state index in [-0.39, 0.29) is 12.4 Å². The quantitative estimate of drug-likeness (QED) is 0.766. The van der Waals surface area contributed by atoms with E-state index in [1.165, 1.54) is 7.11 Å². The van der Waals surface area contributed by atoms with E-state index in [9.17, 15) is 13.2 Å². The Morgan fingerprint density at radius 3 is 2.42 bits per heavy atom. The molecule has 0 aliphatic heterocycles. The molecule has 106 valence electrons. The van der Waals surface area contributed by atoms with Crippen LogP contribution < -0.4 is 9.46 Å². The SMILES string of the molecule is CCCS(=O)(=O)Nc1ccc(OCC(=O)OC)cc1. The number of ether oxygens (including phenoxy) is 2. The number of hydrogen-bond donors (Lipinski definition) is 1. The molecule has 1 rings (SSSR count). The van der Waals surface area contributed by atoms with Gasteiger partial charge >= 0.3 is 5.97 Å². The number of rotatable bonds is 7. The van der Waals surface area contributed by atoms with Crippen molar-refractivity contribution in [2.75, 3.05) is 24.2 Å². The molecule has 1 N–H and O–H groups in total. The molecule has 1 aromatic carbocycles. The summed E-state index contributed by atoms with van der Waals surface area (Å²) in [6, 6.07) is 6.29. The van der Waals surface area contributed by atoms with Gasteiger partial charge in [0.05, 0.1) is 12.9 Å². The van der Waals surface area contributed by atoms with Crippen molar-refractivity contribution >= 4 is 21.7 Å². The minimum absolute atomic E-state index is 0.0770. The van der Waals surface area contributed by atoms with Crippen LogP contribution in [0.15, 0.2) is 24.3 Å². The molecule has 0 fully saturated rings. The molecule has 1 aromatic rings. The molecule has 0 saturated heterocycles. The van der Waals surface area contributed by atoms with Crippen molar-refractivity contribution in [1.82, 2.24) is 0 Å². The zero-order valence-electron chi connectivity index (χ0n) is 10.9. The summed E-state index contributed by atoms with van der Waals surface area (Å²) in [5.74, 6) is 0.0599. The first-order valence-corrected chi connectivity index (χ1v) is 7.42. The van der Waals surface area contributed by atoms with E-state index in [0.717, 1.165) is 0 Å². The van der Waals surface area contributed by atoms with Crippen molar-refractivity contribution in [2.45, 2.75) is 13.3 Å². The van der Waals surface area contributed by atoms with Crippen molar-refractivity contribution in [1.29, 1.82) is 0 Å². The maximum Gasteiger partial charge on any atom is 0.343 e. The molecule has 0 radical (unpaired) electrons. The van der Waals surface area contributed by atoms with Crippen molar-refractivity contribution in [3.8, 4) is 5.75 Å². The van der Waals surface area contributed by atoms with Gasteiger partial charge in [0.25, 0.3) is 0 Å². The Bertz CT molecular complexity index is 509. The number of esters is 1. The predicted octanol–water partition coefficient (Wildman–Crippen LogP) is 1.39. The van der Waals surface area contributed by atoms with E-state index >= 15 is 0 Å². The van der Waals surface area contributed by atoms with Crippen molar-refractivity contribution in [3.63, 3.8) is 0 Å². The summed E-state index contributed by atoms with van der Waals surface area (Å²) in [6.45, 7) is 1.61. The monoisotopic (exact) mass is 287 g/mol. The molecule has 0 unspecified atom stereocenters. The maximum absolute atomic E-state index is 11.5. The van der Waals surface area contributed by atoms with Gasteiger partial charge in [-0.1, -0.05) is 6.92 Å². The molecule has 0 spiro atoms. The fraction of sp³-hybridized carbons (Fsp3) is 0.417. The second-order valence-electron chi connectivity index (χ2n) is 3.81. The summed E-state index contributed by atoms with van der Waals surface area (Å²) < 4.78 is 35.1. The van der Waals surface area contributed by atoms with Crippen LogP contribution in [0.2, 0.25) is 0 Å². The molecule has 19 heavy (non-hydrogen) atoms. The van der Waals surface area contributed by atoms with Gasteiger partial charge in [-0.15, -0.1) is 0 Å². The number of nitrogens with one attached hydrogen (secondary N) is 1. The Kier molecular flexibility index (Phi) is 5.62. The van der Waals surface area contributed by atoms with Crippen LogP contribution in [0.5, 0.6) is 5.75 Å². The van der Waals surface area contributed by atoms with Gasteiger partial charge < -0.3 is 9.47 Å². The molecule has 0 amide bonds. The summed E-state index contributed by atoms with van der Waals surface area (Å²) in [5, 5.41) is 0. The van der Waals surface area contributed by atoms with E-state index in [0.29, 0.717) is 17.9 Å².